The van der Waals surface area contributed by atoms with Gasteiger partial charge in [-0.05, 0) is 29.3 Å². The summed E-state index contributed by atoms with van der Waals surface area (Å²) in [5.41, 5.74) is 0.874. The molecule has 0 atom stereocenters. The Bertz CT molecular complexity index is 592. The number of phenolic OH excluding ortho intramolecular Hbond substituents is 1. The molecule has 7 heteroatoms. The molecule has 0 saturated carbocycles. The number of phenols is 1. The standard InChI is InChI=1S/C12H12ClN3O3/c1-18-9-5-7(3-4-8(9)17)6-10-14-11(13)16-12(15-10)19-2/h3-5,17H,6H2,1-2H3. The first-order chi connectivity index (χ1) is 9.12. The summed E-state index contributed by atoms with van der Waals surface area (Å²) in [6.07, 6.45) is 0.426. The molecule has 19 heavy (non-hydrogen) atoms. The Morgan fingerprint density at radius 1 is 1.16 bits per heavy atom. The van der Waals surface area contributed by atoms with Crippen LogP contribution in [0.5, 0.6) is 17.5 Å². The Balaban J connectivity index is 2.28. The zero-order valence-corrected chi connectivity index (χ0v) is 11.2. The van der Waals surface area contributed by atoms with Crippen LogP contribution in [0, 0.1) is 0 Å². The summed E-state index contributed by atoms with van der Waals surface area (Å²) < 4.78 is 9.96. The molecular formula is C12H12ClN3O3. The van der Waals surface area contributed by atoms with E-state index in [0.717, 1.165) is 5.56 Å². The van der Waals surface area contributed by atoms with Crippen molar-refractivity contribution >= 4 is 11.6 Å². The van der Waals surface area contributed by atoms with Crippen LogP contribution in [0.1, 0.15) is 11.4 Å². The number of methoxy groups -OCH3 is 2. The fraction of sp³-hybridized carbons (Fsp3) is 0.250. The molecule has 0 spiro atoms. The molecule has 0 aliphatic carbocycles. The van der Waals surface area contributed by atoms with Gasteiger partial charge < -0.3 is 14.6 Å². The van der Waals surface area contributed by atoms with E-state index in [1.807, 2.05) is 0 Å². The Labute approximate surface area is 115 Å². The van der Waals surface area contributed by atoms with Crippen molar-refractivity contribution in [1.29, 1.82) is 0 Å². The Morgan fingerprint density at radius 3 is 2.63 bits per heavy atom. The van der Waals surface area contributed by atoms with Crippen molar-refractivity contribution in [3.63, 3.8) is 0 Å². The largest absolute Gasteiger partial charge is 0.504 e. The third-order valence-electron chi connectivity index (χ3n) is 2.42. The van der Waals surface area contributed by atoms with Crippen molar-refractivity contribution in [3.05, 3.63) is 34.9 Å². The maximum Gasteiger partial charge on any atom is 0.320 e. The minimum absolute atomic E-state index is 0.0765. The van der Waals surface area contributed by atoms with Crippen molar-refractivity contribution in [1.82, 2.24) is 15.0 Å². The second-order valence-electron chi connectivity index (χ2n) is 3.69. The van der Waals surface area contributed by atoms with Crippen LogP contribution >= 0.6 is 11.6 Å². The highest BCUT2D eigenvalue weighted by Gasteiger charge is 2.08. The van der Waals surface area contributed by atoms with Crippen LogP contribution in [0.25, 0.3) is 0 Å². The normalized spacial score (nSPS) is 10.3. The summed E-state index contributed by atoms with van der Waals surface area (Å²) in [6, 6.07) is 5.18. The van der Waals surface area contributed by atoms with E-state index in [4.69, 9.17) is 21.1 Å². The van der Waals surface area contributed by atoms with Gasteiger partial charge in [0.05, 0.1) is 14.2 Å². The number of halogens is 1. The van der Waals surface area contributed by atoms with E-state index < -0.39 is 0 Å². The van der Waals surface area contributed by atoms with Crippen molar-refractivity contribution in [2.75, 3.05) is 14.2 Å². The predicted octanol–water partition coefficient (Wildman–Crippen LogP) is 1.84. The van der Waals surface area contributed by atoms with Gasteiger partial charge in [-0.2, -0.15) is 9.97 Å². The Hall–Kier alpha value is -2.08. The first-order valence-electron chi connectivity index (χ1n) is 5.42. The zero-order chi connectivity index (χ0) is 13.8. The van der Waals surface area contributed by atoms with E-state index in [-0.39, 0.29) is 17.0 Å². The van der Waals surface area contributed by atoms with Crippen LogP contribution in [-0.4, -0.2) is 34.3 Å². The monoisotopic (exact) mass is 281 g/mol. The van der Waals surface area contributed by atoms with E-state index in [9.17, 15) is 5.11 Å². The summed E-state index contributed by atoms with van der Waals surface area (Å²) in [4.78, 5) is 11.9. The molecule has 1 heterocycles. The number of aromatic nitrogens is 3. The first kappa shape index (κ1) is 13.4. The van der Waals surface area contributed by atoms with Crippen LogP contribution in [0.3, 0.4) is 0 Å². The van der Waals surface area contributed by atoms with Crippen LogP contribution in [0.4, 0.5) is 0 Å². The average Bonchev–Trinajstić information content (AvgIpc) is 2.40. The smallest absolute Gasteiger partial charge is 0.320 e. The van der Waals surface area contributed by atoms with Gasteiger partial charge in [-0.3, -0.25) is 0 Å². The molecule has 2 aromatic rings. The summed E-state index contributed by atoms with van der Waals surface area (Å²) in [7, 11) is 2.95. The fourth-order valence-electron chi connectivity index (χ4n) is 1.56. The number of nitrogens with zero attached hydrogens (tertiary/aromatic N) is 3. The lowest BCUT2D eigenvalue weighted by molar-refractivity contribution is 0.372. The third kappa shape index (κ3) is 3.23. The van der Waals surface area contributed by atoms with Crippen molar-refractivity contribution < 1.29 is 14.6 Å². The minimum atomic E-state index is 0.0765. The Morgan fingerprint density at radius 2 is 1.95 bits per heavy atom. The van der Waals surface area contributed by atoms with Crippen LogP contribution < -0.4 is 9.47 Å². The Kier molecular flexibility index (Phi) is 4.01. The van der Waals surface area contributed by atoms with Gasteiger partial charge >= 0.3 is 6.01 Å². The number of rotatable bonds is 4. The van der Waals surface area contributed by atoms with Gasteiger partial charge in [0.15, 0.2) is 11.5 Å². The van der Waals surface area contributed by atoms with Gasteiger partial charge in [-0.1, -0.05) is 6.07 Å². The molecule has 0 radical (unpaired) electrons. The molecule has 0 saturated heterocycles. The summed E-state index contributed by atoms with van der Waals surface area (Å²) in [5, 5.41) is 9.60. The maximum atomic E-state index is 9.52. The number of ether oxygens (including phenoxy) is 2. The number of hydrogen-bond donors (Lipinski definition) is 1. The molecule has 6 nitrogen and oxygen atoms in total. The quantitative estimate of drug-likeness (QED) is 0.921. The molecule has 0 unspecified atom stereocenters. The second kappa shape index (κ2) is 5.71. The molecule has 100 valence electrons. The highest BCUT2D eigenvalue weighted by molar-refractivity contribution is 6.28. The molecule has 1 N–H and O–H groups in total. The van der Waals surface area contributed by atoms with Gasteiger partial charge in [-0.15, -0.1) is 0 Å². The van der Waals surface area contributed by atoms with Gasteiger partial charge in [0.1, 0.15) is 5.82 Å². The molecule has 1 aromatic carbocycles. The second-order valence-corrected chi connectivity index (χ2v) is 4.03. The zero-order valence-electron chi connectivity index (χ0n) is 10.4. The van der Waals surface area contributed by atoms with Gasteiger partial charge in [0.2, 0.25) is 5.28 Å². The number of hydrogen-bond acceptors (Lipinski definition) is 6. The molecule has 1 aromatic heterocycles. The summed E-state index contributed by atoms with van der Waals surface area (Å²) in [5.74, 6) is 0.951. The van der Waals surface area contributed by atoms with E-state index in [1.165, 1.54) is 14.2 Å². The molecule has 0 aliphatic heterocycles. The van der Waals surface area contributed by atoms with E-state index in [1.54, 1.807) is 18.2 Å². The maximum absolute atomic E-state index is 9.52. The minimum Gasteiger partial charge on any atom is -0.504 e. The highest BCUT2D eigenvalue weighted by atomic mass is 35.5. The van der Waals surface area contributed by atoms with Gasteiger partial charge in [-0.25, -0.2) is 4.98 Å². The average molecular weight is 282 g/mol. The van der Waals surface area contributed by atoms with E-state index in [2.05, 4.69) is 15.0 Å². The van der Waals surface area contributed by atoms with Gasteiger partial charge in [0, 0.05) is 6.42 Å². The summed E-state index contributed by atoms with van der Waals surface area (Å²) >= 11 is 5.77. The van der Waals surface area contributed by atoms with Crippen LogP contribution in [0.2, 0.25) is 5.28 Å². The predicted molar refractivity (Wildman–Crippen MR) is 68.9 cm³/mol. The van der Waals surface area contributed by atoms with E-state index in [0.29, 0.717) is 18.0 Å². The fourth-order valence-corrected chi connectivity index (χ4v) is 1.73. The molecule has 0 fully saturated rings. The molecule has 0 bridgehead atoms. The summed E-state index contributed by atoms with van der Waals surface area (Å²) in [6.45, 7) is 0. The lowest BCUT2D eigenvalue weighted by atomic mass is 10.1. The van der Waals surface area contributed by atoms with Crippen LogP contribution in [-0.2, 0) is 6.42 Å². The molecule has 0 aliphatic rings. The lowest BCUT2D eigenvalue weighted by Gasteiger charge is -2.06. The topological polar surface area (TPSA) is 77.4 Å². The van der Waals surface area contributed by atoms with Gasteiger partial charge in [0.25, 0.3) is 0 Å². The first-order valence-corrected chi connectivity index (χ1v) is 5.80. The SMILES string of the molecule is COc1nc(Cl)nc(Cc2ccc(O)c(OC)c2)n1. The number of aromatic hydroxyl groups is 1. The number of benzene rings is 1. The molecular weight excluding hydrogens is 270 g/mol. The molecule has 0 amide bonds. The van der Waals surface area contributed by atoms with Crippen molar-refractivity contribution in [2.45, 2.75) is 6.42 Å². The third-order valence-corrected chi connectivity index (χ3v) is 2.59. The van der Waals surface area contributed by atoms with Crippen molar-refractivity contribution in [2.24, 2.45) is 0 Å². The van der Waals surface area contributed by atoms with E-state index >= 15 is 0 Å². The molecule has 2 rings (SSSR count). The lowest BCUT2D eigenvalue weighted by Crippen LogP contribution is -2.02. The van der Waals surface area contributed by atoms with Crippen molar-refractivity contribution in [3.8, 4) is 17.5 Å². The van der Waals surface area contributed by atoms with Crippen LogP contribution in [0.15, 0.2) is 18.2 Å². The highest BCUT2D eigenvalue weighted by Crippen LogP contribution is 2.27.